The summed E-state index contributed by atoms with van der Waals surface area (Å²) in [5.74, 6) is 0.718. The molecule has 1 aromatic rings. The Hall–Kier alpha value is -0.800. The van der Waals surface area contributed by atoms with Crippen molar-refractivity contribution in [2.75, 3.05) is 13.2 Å². The van der Waals surface area contributed by atoms with Gasteiger partial charge in [-0.05, 0) is 30.4 Å². The molecule has 1 atom stereocenters. The van der Waals surface area contributed by atoms with E-state index in [2.05, 4.69) is 43.8 Å². The van der Waals surface area contributed by atoms with Gasteiger partial charge in [0.25, 0.3) is 0 Å². The molecule has 1 heterocycles. The summed E-state index contributed by atoms with van der Waals surface area (Å²) in [5, 5.41) is 0. The number of ether oxygens (including phenoxy) is 1. The van der Waals surface area contributed by atoms with Crippen molar-refractivity contribution in [1.29, 1.82) is 0 Å². The van der Waals surface area contributed by atoms with Crippen LogP contribution in [0.4, 0.5) is 0 Å². The Morgan fingerprint density at radius 3 is 2.72 bits per heavy atom. The quantitative estimate of drug-likeness (QED) is 0.685. The van der Waals surface area contributed by atoms with Crippen molar-refractivity contribution in [3.05, 3.63) is 24.0 Å². The van der Waals surface area contributed by atoms with E-state index in [1.165, 1.54) is 5.56 Å². The van der Waals surface area contributed by atoms with Gasteiger partial charge in [0.05, 0.1) is 6.61 Å². The van der Waals surface area contributed by atoms with Gasteiger partial charge in [0.1, 0.15) is 0 Å². The normalized spacial score (nSPS) is 13.2. The second-order valence-electron chi connectivity index (χ2n) is 5.37. The first-order chi connectivity index (χ1) is 8.63. The van der Waals surface area contributed by atoms with Crippen LogP contribution in [-0.2, 0) is 11.3 Å². The molecule has 0 aliphatic carbocycles. The molecular weight excluding hydrogens is 224 g/mol. The van der Waals surface area contributed by atoms with Gasteiger partial charge in [0, 0.05) is 31.6 Å². The van der Waals surface area contributed by atoms with Crippen LogP contribution in [0, 0.1) is 5.92 Å². The lowest BCUT2D eigenvalue weighted by Gasteiger charge is -2.08. The standard InChI is InChI=1S/C15H28N2O/c1-4-5-15(16)14-6-8-17(12-14)9-11-18-10-7-13(2)3/h6,8,12-13,15H,4-5,7,9-11,16H2,1-3H3. The minimum Gasteiger partial charge on any atom is -0.380 e. The zero-order valence-electron chi connectivity index (χ0n) is 12.1. The maximum atomic E-state index is 6.08. The van der Waals surface area contributed by atoms with Crippen molar-refractivity contribution < 1.29 is 4.74 Å². The Kier molecular flexibility index (Phi) is 7.06. The highest BCUT2D eigenvalue weighted by atomic mass is 16.5. The summed E-state index contributed by atoms with van der Waals surface area (Å²) in [6.07, 6.45) is 7.56. The van der Waals surface area contributed by atoms with Gasteiger partial charge in [-0.3, -0.25) is 0 Å². The Morgan fingerprint density at radius 2 is 2.06 bits per heavy atom. The fraction of sp³-hybridized carbons (Fsp3) is 0.733. The average molecular weight is 252 g/mol. The monoisotopic (exact) mass is 252 g/mol. The zero-order valence-corrected chi connectivity index (χ0v) is 12.1. The van der Waals surface area contributed by atoms with Crippen LogP contribution in [0.3, 0.4) is 0 Å². The summed E-state index contributed by atoms with van der Waals surface area (Å²) >= 11 is 0. The van der Waals surface area contributed by atoms with Crippen LogP contribution in [0.2, 0.25) is 0 Å². The molecule has 0 bridgehead atoms. The number of rotatable bonds is 9. The van der Waals surface area contributed by atoms with E-state index in [-0.39, 0.29) is 6.04 Å². The van der Waals surface area contributed by atoms with Crippen LogP contribution in [0.1, 0.15) is 51.6 Å². The van der Waals surface area contributed by atoms with Crippen LogP contribution in [0.5, 0.6) is 0 Å². The molecule has 0 saturated carbocycles. The highest BCUT2D eigenvalue weighted by Gasteiger charge is 2.06. The third-order valence-electron chi connectivity index (χ3n) is 3.13. The molecule has 0 aliphatic rings. The molecule has 1 unspecified atom stereocenters. The molecule has 104 valence electrons. The predicted molar refractivity (Wildman–Crippen MR) is 76.5 cm³/mol. The number of nitrogens with two attached hydrogens (primary N) is 1. The van der Waals surface area contributed by atoms with Crippen LogP contribution in [0.25, 0.3) is 0 Å². The molecule has 0 spiro atoms. The van der Waals surface area contributed by atoms with Crippen molar-refractivity contribution in [2.45, 2.75) is 52.6 Å². The lowest BCUT2D eigenvalue weighted by Crippen LogP contribution is -2.09. The summed E-state index contributed by atoms with van der Waals surface area (Å²) in [6, 6.07) is 2.30. The summed E-state index contributed by atoms with van der Waals surface area (Å²) in [5.41, 5.74) is 7.32. The highest BCUT2D eigenvalue weighted by Crippen LogP contribution is 2.15. The van der Waals surface area contributed by atoms with Crippen LogP contribution in [0.15, 0.2) is 18.5 Å². The zero-order chi connectivity index (χ0) is 13.4. The van der Waals surface area contributed by atoms with Gasteiger partial charge in [0.2, 0.25) is 0 Å². The fourth-order valence-corrected chi connectivity index (χ4v) is 1.89. The molecule has 0 radical (unpaired) electrons. The highest BCUT2D eigenvalue weighted by molar-refractivity contribution is 5.14. The van der Waals surface area contributed by atoms with Crippen molar-refractivity contribution >= 4 is 0 Å². The Labute approximate surface area is 111 Å². The largest absolute Gasteiger partial charge is 0.380 e. The van der Waals surface area contributed by atoms with Gasteiger partial charge in [0.15, 0.2) is 0 Å². The maximum Gasteiger partial charge on any atom is 0.0645 e. The molecule has 0 aliphatic heterocycles. The molecule has 1 aromatic heterocycles. The first-order valence-electron chi connectivity index (χ1n) is 7.12. The van der Waals surface area contributed by atoms with E-state index in [1.54, 1.807) is 0 Å². The average Bonchev–Trinajstić information content (AvgIpc) is 2.77. The molecule has 0 saturated heterocycles. The third kappa shape index (κ3) is 5.69. The van der Waals surface area contributed by atoms with Crippen LogP contribution < -0.4 is 5.73 Å². The van der Waals surface area contributed by atoms with Crippen molar-refractivity contribution in [2.24, 2.45) is 11.7 Å². The van der Waals surface area contributed by atoms with E-state index in [9.17, 15) is 0 Å². The van der Waals surface area contributed by atoms with Crippen molar-refractivity contribution in [1.82, 2.24) is 4.57 Å². The van der Waals surface area contributed by atoms with Crippen molar-refractivity contribution in [3.63, 3.8) is 0 Å². The molecule has 18 heavy (non-hydrogen) atoms. The Balaban J connectivity index is 2.23. The lowest BCUT2D eigenvalue weighted by atomic mass is 10.1. The number of aromatic nitrogens is 1. The lowest BCUT2D eigenvalue weighted by molar-refractivity contribution is 0.116. The van der Waals surface area contributed by atoms with E-state index in [0.717, 1.165) is 44.9 Å². The van der Waals surface area contributed by atoms with Crippen LogP contribution in [-0.4, -0.2) is 17.8 Å². The van der Waals surface area contributed by atoms with Gasteiger partial charge in [-0.25, -0.2) is 0 Å². The number of hydrogen-bond acceptors (Lipinski definition) is 2. The maximum absolute atomic E-state index is 6.08. The minimum absolute atomic E-state index is 0.179. The van der Waals surface area contributed by atoms with E-state index in [1.807, 2.05) is 0 Å². The first kappa shape index (κ1) is 15.3. The van der Waals surface area contributed by atoms with Gasteiger partial charge in [-0.2, -0.15) is 0 Å². The van der Waals surface area contributed by atoms with E-state index in [4.69, 9.17) is 10.5 Å². The molecule has 3 nitrogen and oxygen atoms in total. The summed E-state index contributed by atoms with van der Waals surface area (Å²) in [6.45, 7) is 9.16. The Morgan fingerprint density at radius 1 is 1.28 bits per heavy atom. The van der Waals surface area contributed by atoms with Crippen LogP contribution >= 0.6 is 0 Å². The van der Waals surface area contributed by atoms with Gasteiger partial charge >= 0.3 is 0 Å². The van der Waals surface area contributed by atoms with Gasteiger partial charge < -0.3 is 15.0 Å². The molecule has 1 rings (SSSR count). The molecule has 3 heteroatoms. The predicted octanol–water partition coefficient (Wildman–Crippen LogP) is 3.35. The molecular formula is C15H28N2O. The summed E-state index contributed by atoms with van der Waals surface area (Å²) in [4.78, 5) is 0. The van der Waals surface area contributed by atoms with E-state index < -0.39 is 0 Å². The SMILES string of the molecule is CCCC(N)c1ccn(CCOCCC(C)C)c1. The molecule has 2 N–H and O–H groups in total. The number of nitrogens with zero attached hydrogens (tertiary/aromatic N) is 1. The van der Waals surface area contributed by atoms with E-state index in [0.29, 0.717) is 0 Å². The minimum atomic E-state index is 0.179. The van der Waals surface area contributed by atoms with Crippen molar-refractivity contribution in [3.8, 4) is 0 Å². The smallest absolute Gasteiger partial charge is 0.0645 e. The topological polar surface area (TPSA) is 40.2 Å². The summed E-state index contributed by atoms with van der Waals surface area (Å²) in [7, 11) is 0. The van der Waals surface area contributed by atoms with E-state index >= 15 is 0 Å². The molecule has 0 aromatic carbocycles. The third-order valence-corrected chi connectivity index (χ3v) is 3.13. The fourth-order valence-electron chi connectivity index (χ4n) is 1.89. The molecule has 0 amide bonds. The summed E-state index contributed by atoms with van der Waals surface area (Å²) < 4.78 is 7.78. The van der Waals surface area contributed by atoms with Gasteiger partial charge in [-0.15, -0.1) is 0 Å². The molecule has 0 fully saturated rings. The first-order valence-corrected chi connectivity index (χ1v) is 7.12. The van der Waals surface area contributed by atoms with Gasteiger partial charge in [-0.1, -0.05) is 27.2 Å². The second kappa shape index (κ2) is 8.33. The number of hydrogen-bond donors (Lipinski definition) is 1. The Bertz CT molecular complexity index is 320. The second-order valence-corrected chi connectivity index (χ2v) is 5.37.